The summed E-state index contributed by atoms with van der Waals surface area (Å²) < 4.78 is 0. The van der Waals surface area contributed by atoms with Crippen LogP contribution in [0, 0.1) is 5.92 Å². The van der Waals surface area contributed by atoms with Crippen LogP contribution >= 0.6 is 0 Å². The smallest absolute Gasteiger partial charge is 0.326 e. The minimum atomic E-state index is -1.30. The van der Waals surface area contributed by atoms with Crippen molar-refractivity contribution in [1.29, 1.82) is 0 Å². The second-order valence-electron chi connectivity index (χ2n) is 7.47. The molecule has 3 amide bonds. The Morgan fingerprint density at radius 2 is 1.48 bits per heavy atom. The Hall–Kier alpha value is -3.18. The second-order valence-corrected chi connectivity index (χ2v) is 7.47. The van der Waals surface area contributed by atoms with Crippen LogP contribution < -0.4 is 21.7 Å². The molecule has 11 nitrogen and oxygen atoms in total. The number of hydrogen-bond donors (Lipinski definition) is 7. The highest BCUT2D eigenvalue weighted by Crippen LogP contribution is 2.12. The maximum absolute atomic E-state index is 12.8. The molecule has 1 aromatic carbocycles. The van der Waals surface area contributed by atoms with Gasteiger partial charge in [0.1, 0.15) is 23.9 Å². The number of rotatable bonds is 12. The highest BCUT2D eigenvalue weighted by molar-refractivity contribution is 5.93. The summed E-state index contributed by atoms with van der Waals surface area (Å²) in [4.78, 5) is 48.2. The Morgan fingerprint density at radius 3 is 1.97 bits per heavy atom. The summed E-state index contributed by atoms with van der Waals surface area (Å²) in [6, 6.07) is 2.23. The monoisotopic (exact) mass is 438 g/mol. The molecule has 0 aliphatic rings. The molecule has 0 radical (unpaired) electrons. The number of phenols is 1. The van der Waals surface area contributed by atoms with E-state index in [0.717, 1.165) is 0 Å². The number of aromatic hydroxyl groups is 1. The highest BCUT2D eigenvalue weighted by Gasteiger charge is 2.29. The zero-order valence-corrected chi connectivity index (χ0v) is 17.5. The number of hydrogen-bond acceptors (Lipinski definition) is 7. The van der Waals surface area contributed by atoms with Crippen molar-refractivity contribution in [1.82, 2.24) is 16.0 Å². The van der Waals surface area contributed by atoms with Crippen molar-refractivity contribution in [3.8, 4) is 5.75 Å². The van der Waals surface area contributed by atoms with Gasteiger partial charge in [-0.1, -0.05) is 26.0 Å². The van der Waals surface area contributed by atoms with E-state index in [1.54, 1.807) is 0 Å². The fourth-order valence-corrected chi connectivity index (χ4v) is 2.76. The highest BCUT2D eigenvalue weighted by atomic mass is 16.4. The molecule has 0 heterocycles. The topological polar surface area (TPSA) is 191 Å². The zero-order valence-electron chi connectivity index (χ0n) is 17.5. The Kier molecular flexibility index (Phi) is 10.4. The maximum Gasteiger partial charge on any atom is 0.326 e. The molecule has 0 spiro atoms. The van der Waals surface area contributed by atoms with Crippen molar-refractivity contribution < 1.29 is 34.5 Å². The molecule has 0 aliphatic heterocycles. The van der Waals surface area contributed by atoms with E-state index in [4.69, 9.17) is 5.73 Å². The number of benzene rings is 1. The Morgan fingerprint density at radius 1 is 0.935 bits per heavy atom. The number of aliphatic carboxylic acids is 1. The lowest BCUT2D eigenvalue weighted by atomic mass is 10.0. The van der Waals surface area contributed by atoms with Gasteiger partial charge in [0.05, 0.1) is 13.2 Å². The fraction of sp³-hybridized carbons (Fsp3) is 0.500. The first-order valence-corrected chi connectivity index (χ1v) is 9.79. The number of carbonyl (C=O) groups excluding carboxylic acids is 3. The number of nitrogens with two attached hydrogens (primary N) is 1. The number of aliphatic hydroxyl groups excluding tert-OH is 1. The van der Waals surface area contributed by atoms with Gasteiger partial charge in [-0.25, -0.2) is 4.79 Å². The molecule has 0 saturated carbocycles. The molecule has 0 aliphatic carbocycles. The number of amides is 3. The number of carboxylic acids is 1. The van der Waals surface area contributed by atoms with Crippen LogP contribution in [0.25, 0.3) is 0 Å². The van der Waals surface area contributed by atoms with Gasteiger partial charge in [0.15, 0.2) is 0 Å². The van der Waals surface area contributed by atoms with Crippen molar-refractivity contribution in [3.63, 3.8) is 0 Å². The van der Waals surface area contributed by atoms with Crippen molar-refractivity contribution >= 4 is 23.7 Å². The lowest BCUT2D eigenvalue weighted by molar-refractivity contribution is -0.142. The molecule has 172 valence electrons. The third-order valence-corrected chi connectivity index (χ3v) is 4.35. The predicted octanol–water partition coefficient (Wildman–Crippen LogP) is -1.53. The molecule has 3 atom stereocenters. The summed E-state index contributed by atoms with van der Waals surface area (Å²) in [6.07, 6.45) is 0.168. The van der Waals surface area contributed by atoms with E-state index < -0.39 is 48.4 Å². The average molecular weight is 438 g/mol. The van der Waals surface area contributed by atoms with Gasteiger partial charge in [0.2, 0.25) is 17.7 Å². The zero-order chi connectivity index (χ0) is 23.6. The number of aliphatic hydroxyl groups is 1. The van der Waals surface area contributed by atoms with Crippen molar-refractivity contribution in [2.75, 3.05) is 13.2 Å². The van der Waals surface area contributed by atoms with E-state index in [9.17, 15) is 34.5 Å². The summed E-state index contributed by atoms with van der Waals surface area (Å²) >= 11 is 0. The van der Waals surface area contributed by atoms with E-state index in [2.05, 4.69) is 16.0 Å². The first-order valence-electron chi connectivity index (χ1n) is 9.79. The van der Waals surface area contributed by atoms with E-state index in [1.807, 2.05) is 13.8 Å². The van der Waals surface area contributed by atoms with Crippen LogP contribution in [0.3, 0.4) is 0 Å². The van der Waals surface area contributed by atoms with Crippen LogP contribution in [0.5, 0.6) is 5.75 Å². The lowest BCUT2D eigenvalue weighted by Gasteiger charge is -2.25. The third kappa shape index (κ3) is 9.01. The van der Waals surface area contributed by atoms with Crippen LogP contribution in [0.1, 0.15) is 25.8 Å². The molecule has 0 bridgehead atoms. The molecule has 0 saturated heterocycles. The van der Waals surface area contributed by atoms with Crippen LogP contribution in [-0.2, 0) is 25.6 Å². The first kappa shape index (κ1) is 25.9. The molecule has 0 fully saturated rings. The summed E-state index contributed by atoms with van der Waals surface area (Å²) in [5.74, 6) is -3.42. The lowest BCUT2D eigenvalue weighted by Crippen LogP contribution is -2.57. The molecule has 31 heavy (non-hydrogen) atoms. The molecule has 3 unspecified atom stereocenters. The van der Waals surface area contributed by atoms with Gasteiger partial charge in [-0.3, -0.25) is 14.4 Å². The molecular formula is C20H30N4O7. The van der Waals surface area contributed by atoms with Gasteiger partial charge in [0.25, 0.3) is 0 Å². The third-order valence-electron chi connectivity index (χ3n) is 4.35. The van der Waals surface area contributed by atoms with E-state index >= 15 is 0 Å². The van der Waals surface area contributed by atoms with Gasteiger partial charge in [-0.05, 0) is 30.0 Å². The summed E-state index contributed by atoms with van der Waals surface area (Å²) in [5, 5.41) is 35.3. The van der Waals surface area contributed by atoms with Gasteiger partial charge in [-0.15, -0.1) is 0 Å². The molecule has 1 rings (SSSR count). The minimum absolute atomic E-state index is 0.0253. The molecular weight excluding hydrogens is 408 g/mol. The number of nitrogens with one attached hydrogen (secondary N) is 3. The standard InChI is InChI=1S/C20H30N4O7/c1-11(2)7-14(23-19(29)16(10-25)22-17(27)9-21)18(28)24-15(20(30)31)8-12-3-5-13(26)6-4-12/h3-6,11,14-16,25-26H,7-10,21H2,1-2H3,(H,22,27)(H,23,29)(H,24,28)(H,30,31). The van der Waals surface area contributed by atoms with Crippen LogP contribution in [0.15, 0.2) is 24.3 Å². The Bertz CT molecular complexity index is 767. The molecule has 0 aromatic heterocycles. The quantitative estimate of drug-likeness (QED) is 0.204. The van der Waals surface area contributed by atoms with Crippen LogP contribution in [0.2, 0.25) is 0 Å². The minimum Gasteiger partial charge on any atom is -0.508 e. The normalized spacial score (nSPS) is 13.7. The SMILES string of the molecule is CC(C)CC(NC(=O)C(CO)NC(=O)CN)C(=O)NC(Cc1ccc(O)cc1)C(=O)O. The van der Waals surface area contributed by atoms with Crippen molar-refractivity contribution in [3.05, 3.63) is 29.8 Å². The van der Waals surface area contributed by atoms with Gasteiger partial charge in [0, 0.05) is 6.42 Å². The van der Waals surface area contributed by atoms with Gasteiger partial charge in [-0.2, -0.15) is 0 Å². The number of carbonyl (C=O) groups is 4. The predicted molar refractivity (Wildman–Crippen MR) is 111 cm³/mol. The average Bonchev–Trinajstić information content (AvgIpc) is 2.71. The van der Waals surface area contributed by atoms with Crippen LogP contribution in [-0.4, -0.2) is 70.3 Å². The summed E-state index contributed by atoms with van der Waals surface area (Å²) in [5.41, 5.74) is 5.77. The van der Waals surface area contributed by atoms with Crippen molar-refractivity contribution in [2.24, 2.45) is 11.7 Å². The van der Waals surface area contributed by atoms with E-state index in [-0.39, 0.29) is 31.1 Å². The maximum atomic E-state index is 12.8. The Labute approximate surface area is 180 Å². The summed E-state index contributed by atoms with van der Waals surface area (Å²) in [7, 11) is 0. The van der Waals surface area contributed by atoms with E-state index in [0.29, 0.717) is 5.56 Å². The molecule has 1 aromatic rings. The molecule has 8 N–H and O–H groups in total. The number of phenolic OH excluding ortho intramolecular Hbond substituents is 1. The largest absolute Gasteiger partial charge is 0.508 e. The number of carboxylic acid groups (broad SMARTS) is 1. The van der Waals surface area contributed by atoms with Gasteiger partial charge < -0.3 is 37.0 Å². The fourth-order valence-electron chi connectivity index (χ4n) is 2.76. The van der Waals surface area contributed by atoms with E-state index in [1.165, 1.54) is 24.3 Å². The van der Waals surface area contributed by atoms with Crippen molar-refractivity contribution in [2.45, 2.75) is 44.8 Å². The second kappa shape index (κ2) is 12.5. The summed E-state index contributed by atoms with van der Waals surface area (Å²) in [6.45, 7) is 2.55. The molecule has 11 heteroatoms. The van der Waals surface area contributed by atoms with Gasteiger partial charge >= 0.3 is 5.97 Å². The first-order chi connectivity index (χ1) is 14.6. The van der Waals surface area contributed by atoms with Crippen LogP contribution in [0.4, 0.5) is 0 Å². The Balaban J connectivity index is 2.91.